The summed E-state index contributed by atoms with van der Waals surface area (Å²) in [7, 11) is 0. The Bertz CT molecular complexity index is 752. The molecular weight excluding hydrogens is 299 g/mol. The molecule has 118 valence electrons. The molecule has 0 radical (unpaired) electrons. The van der Waals surface area contributed by atoms with E-state index in [0.29, 0.717) is 0 Å². The van der Waals surface area contributed by atoms with Gasteiger partial charge in [0.15, 0.2) is 23.9 Å². The number of nitrogens with zero attached hydrogens (tertiary/aromatic N) is 5. The van der Waals surface area contributed by atoms with E-state index in [1.165, 1.54) is 10.9 Å². The standard InChI is InChI=1S/C10H13FN8O3/c11-1-6(22-5(3-20)2-15-18-13)19-4-14-7-8(19)16-10(12)17-9(7)21/h4-6,13,20H,1-3H2,(H2-,12,16,17,21)/p+1/t5-,6-/m0/s1. The van der Waals surface area contributed by atoms with E-state index < -0.39 is 31.2 Å². The molecule has 2 atom stereocenters. The first kappa shape index (κ1) is 15.7. The minimum atomic E-state index is -1.18. The molecule has 12 heteroatoms. The van der Waals surface area contributed by atoms with E-state index in [4.69, 9.17) is 16.0 Å². The van der Waals surface area contributed by atoms with Gasteiger partial charge >= 0.3 is 0 Å². The summed E-state index contributed by atoms with van der Waals surface area (Å²) >= 11 is 0. The van der Waals surface area contributed by atoms with Crippen LogP contribution in [0, 0.1) is 5.53 Å². The molecule has 2 heterocycles. The number of aromatic amines is 1. The fourth-order valence-electron chi connectivity index (χ4n) is 1.83. The second-order valence-corrected chi connectivity index (χ2v) is 4.25. The average Bonchev–Trinajstić information content (AvgIpc) is 2.92. The molecular formula is C10H14FN8O3+. The van der Waals surface area contributed by atoms with Gasteiger partial charge in [-0.25, -0.2) is 9.37 Å². The first-order valence-corrected chi connectivity index (χ1v) is 6.18. The molecule has 5 N–H and O–H groups in total. The number of nitrogens with two attached hydrogens (primary N) is 1. The summed E-state index contributed by atoms with van der Waals surface area (Å²) in [5.74, 6) is -0.140. The lowest BCUT2D eigenvalue weighted by Crippen LogP contribution is -2.28. The van der Waals surface area contributed by atoms with Crippen LogP contribution in [0.4, 0.5) is 10.3 Å². The van der Waals surface area contributed by atoms with Crippen LogP contribution in [0.5, 0.6) is 0 Å². The second-order valence-electron chi connectivity index (χ2n) is 4.25. The van der Waals surface area contributed by atoms with E-state index in [0.717, 1.165) is 0 Å². The van der Waals surface area contributed by atoms with Crippen molar-refractivity contribution < 1.29 is 14.2 Å². The summed E-state index contributed by atoms with van der Waals surface area (Å²) < 4.78 is 19.8. The van der Waals surface area contributed by atoms with Gasteiger partial charge in [-0.05, 0) is 0 Å². The predicted octanol–water partition coefficient (Wildman–Crippen LogP) is -0.902. The molecule has 0 spiro atoms. The molecule has 2 aromatic heterocycles. The highest BCUT2D eigenvalue weighted by Crippen LogP contribution is 2.18. The monoisotopic (exact) mass is 313 g/mol. The minimum absolute atomic E-state index is 0.0114. The lowest BCUT2D eigenvalue weighted by molar-refractivity contribution is -0.0783. The Balaban J connectivity index is 2.35. The van der Waals surface area contributed by atoms with Gasteiger partial charge in [0.2, 0.25) is 10.9 Å². The molecule has 0 saturated carbocycles. The van der Waals surface area contributed by atoms with Crippen molar-refractivity contribution in [2.45, 2.75) is 12.3 Å². The van der Waals surface area contributed by atoms with Gasteiger partial charge in [0.25, 0.3) is 5.56 Å². The van der Waals surface area contributed by atoms with Crippen LogP contribution in [0.25, 0.3) is 11.2 Å². The predicted molar refractivity (Wildman–Crippen MR) is 71.7 cm³/mol. The molecule has 0 aliphatic rings. The van der Waals surface area contributed by atoms with Crippen LogP contribution in [0.1, 0.15) is 6.23 Å². The van der Waals surface area contributed by atoms with Crippen molar-refractivity contribution in [2.75, 3.05) is 25.6 Å². The third-order valence-corrected chi connectivity index (χ3v) is 2.80. The summed E-state index contributed by atoms with van der Waals surface area (Å²) in [6, 6.07) is 0. The number of rotatable bonds is 7. The van der Waals surface area contributed by atoms with Crippen molar-refractivity contribution in [3.8, 4) is 0 Å². The Kier molecular flexibility index (Phi) is 4.88. The van der Waals surface area contributed by atoms with Crippen LogP contribution in [0.3, 0.4) is 0 Å². The third-order valence-electron chi connectivity index (χ3n) is 2.80. The van der Waals surface area contributed by atoms with Crippen molar-refractivity contribution in [1.29, 1.82) is 5.53 Å². The third kappa shape index (κ3) is 3.14. The number of fused-ring (bicyclic) bond motifs is 1. The number of nitrogens with one attached hydrogen (secondary N) is 2. The molecule has 0 aliphatic heterocycles. The van der Waals surface area contributed by atoms with Crippen LogP contribution in [0.15, 0.2) is 16.2 Å². The molecule has 0 amide bonds. The Hall–Kier alpha value is -2.69. The van der Waals surface area contributed by atoms with Crippen LogP contribution in [-0.2, 0) is 4.74 Å². The molecule has 0 aliphatic carbocycles. The van der Waals surface area contributed by atoms with Gasteiger partial charge in [0, 0.05) is 0 Å². The van der Waals surface area contributed by atoms with Crippen molar-refractivity contribution in [2.24, 2.45) is 5.11 Å². The highest BCUT2D eigenvalue weighted by atomic mass is 19.1. The van der Waals surface area contributed by atoms with E-state index in [1.54, 1.807) is 0 Å². The second kappa shape index (κ2) is 6.85. The Morgan fingerprint density at radius 2 is 2.45 bits per heavy atom. The number of nitrogen functional groups attached to an aromatic ring is 1. The number of alkyl halides is 1. The normalized spacial score (nSPS) is 13.7. The van der Waals surface area contributed by atoms with Gasteiger partial charge in [-0.1, -0.05) is 0 Å². The molecule has 0 unspecified atom stereocenters. The fourth-order valence-corrected chi connectivity index (χ4v) is 1.83. The number of aliphatic hydroxyl groups excluding tert-OH is 1. The number of ether oxygens (including phenoxy) is 1. The topological polar surface area (TPSA) is 169 Å². The van der Waals surface area contributed by atoms with Gasteiger partial charge < -0.3 is 15.6 Å². The number of imidazole rings is 1. The largest absolute Gasteiger partial charge is 0.394 e. The lowest BCUT2D eigenvalue weighted by atomic mass is 10.4. The van der Waals surface area contributed by atoms with E-state index in [1.807, 2.05) is 0 Å². The number of H-pyrrole nitrogens is 1. The van der Waals surface area contributed by atoms with E-state index in [2.05, 4.69) is 25.0 Å². The number of halogens is 1. The quantitative estimate of drug-likeness (QED) is 0.381. The summed E-state index contributed by atoms with van der Waals surface area (Å²) in [5.41, 5.74) is 11.5. The highest BCUT2D eigenvalue weighted by Gasteiger charge is 2.22. The molecule has 0 aromatic carbocycles. The molecule has 2 rings (SSSR count). The van der Waals surface area contributed by atoms with Gasteiger partial charge in [-0.3, -0.25) is 14.3 Å². The molecule has 0 bridgehead atoms. The van der Waals surface area contributed by atoms with E-state index in [-0.39, 0.29) is 23.7 Å². The number of hydrogen-bond donors (Lipinski definition) is 4. The number of anilines is 1. The van der Waals surface area contributed by atoms with Crippen molar-refractivity contribution in [3.05, 3.63) is 16.7 Å². The zero-order valence-corrected chi connectivity index (χ0v) is 11.3. The fraction of sp³-hybridized carbons (Fsp3) is 0.500. The average molecular weight is 313 g/mol. The Labute approximate surface area is 122 Å². The maximum Gasteiger partial charge on any atom is 0.280 e. The van der Waals surface area contributed by atoms with Gasteiger partial charge in [-0.2, -0.15) is 4.98 Å². The lowest BCUT2D eigenvalue weighted by Gasteiger charge is -2.20. The van der Waals surface area contributed by atoms with Crippen molar-refractivity contribution in [1.82, 2.24) is 24.4 Å². The summed E-state index contributed by atoms with van der Waals surface area (Å²) in [6.07, 6.45) is -0.861. The smallest absolute Gasteiger partial charge is 0.280 e. The van der Waals surface area contributed by atoms with Crippen LogP contribution in [-0.4, -0.2) is 50.6 Å². The van der Waals surface area contributed by atoms with E-state index >= 15 is 0 Å². The first-order chi connectivity index (χ1) is 10.6. The highest BCUT2D eigenvalue weighted by molar-refractivity contribution is 5.70. The minimum Gasteiger partial charge on any atom is -0.394 e. The maximum atomic E-state index is 13.3. The molecule has 11 nitrogen and oxygen atoms in total. The van der Waals surface area contributed by atoms with Crippen LogP contribution >= 0.6 is 0 Å². The summed E-state index contributed by atoms with van der Waals surface area (Å²) in [4.78, 5) is 24.5. The summed E-state index contributed by atoms with van der Waals surface area (Å²) in [6.45, 7) is -1.52. The number of hydrogen-bond acceptors (Lipinski definition) is 8. The number of aliphatic hydroxyl groups is 1. The Morgan fingerprint density at radius 3 is 3.09 bits per heavy atom. The zero-order valence-electron chi connectivity index (χ0n) is 11.3. The molecule has 0 fully saturated rings. The zero-order chi connectivity index (χ0) is 16.1. The van der Waals surface area contributed by atoms with Crippen molar-refractivity contribution >= 4 is 17.1 Å². The van der Waals surface area contributed by atoms with Gasteiger partial charge in [-0.15, -0.1) is 0 Å². The number of aromatic nitrogens is 4. The molecule has 22 heavy (non-hydrogen) atoms. The van der Waals surface area contributed by atoms with Crippen molar-refractivity contribution in [3.63, 3.8) is 0 Å². The van der Waals surface area contributed by atoms with Gasteiger partial charge in [0.05, 0.1) is 12.9 Å². The van der Waals surface area contributed by atoms with E-state index in [9.17, 15) is 14.3 Å². The Morgan fingerprint density at radius 1 is 1.68 bits per heavy atom. The summed E-state index contributed by atoms with van der Waals surface area (Å²) in [5, 5.41) is 12.5. The SMILES string of the molecule is N=[N+]=NC[C@@H](CO)O[C@@H](CF)n1cnc2c(=O)[nH]c(N)nc21. The van der Waals surface area contributed by atoms with Crippen LogP contribution < -0.4 is 16.2 Å². The maximum absolute atomic E-state index is 13.3. The van der Waals surface area contributed by atoms with Crippen LogP contribution in [0.2, 0.25) is 0 Å². The molecule has 0 saturated heterocycles. The molecule has 2 aromatic rings. The first-order valence-electron chi connectivity index (χ1n) is 6.18. The van der Waals surface area contributed by atoms with Gasteiger partial charge in [0.1, 0.15) is 23.4 Å².